The van der Waals surface area contributed by atoms with Crippen molar-refractivity contribution in [2.45, 2.75) is 43.4 Å². The van der Waals surface area contributed by atoms with Crippen LogP contribution in [-0.2, 0) is 22.8 Å². The van der Waals surface area contributed by atoms with Crippen molar-refractivity contribution in [3.63, 3.8) is 0 Å². The zero-order valence-corrected chi connectivity index (χ0v) is 18.4. The van der Waals surface area contributed by atoms with Crippen LogP contribution < -0.4 is 5.32 Å². The number of phenolic OH excluding ortho intramolecular Hbond substituents is 1. The topological polar surface area (TPSA) is 55.8 Å². The molecule has 2 bridgehead atoms. The number of carbonyl (C=O) groups is 1. The van der Waals surface area contributed by atoms with Crippen LogP contribution in [0.5, 0.6) is 5.75 Å². The first-order valence-electron chi connectivity index (χ1n) is 10.7. The van der Waals surface area contributed by atoms with Gasteiger partial charge in [0.05, 0.1) is 12.1 Å². The van der Waals surface area contributed by atoms with E-state index in [0.29, 0.717) is 5.69 Å². The van der Waals surface area contributed by atoms with Gasteiger partial charge >= 0.3 is 6.18 Å². The van der Waals surface area contributed by atoms with E-state index < -0.39 is 11.7 Å². The van der Waals surface area contributed by atoms with E-state index in [1.54, 1.807) is 6.07 Å². The minimum absolute atomic E-state index is 0.0499. The second kappa shape index (κ2) is 8.08. The van der Waals surface area contributed by atoms with Gasteiger partial charge in [-0.05, 0) is 81.0 Å². The van der Waals surface area contributed by atoms with Crippen LogP contribution in [0.2, 0.25) is 0 Å². The number of hydrogen-bond donors (Lipinski definition) is 2. The number of rotatable bonds is 4. The summed E-state index contributed by atoms with van der Waals surface area (Å²) in [4.78, 5) is 17.1. The Morgan fingerprint density at radius 2 is 1.94 bits per heavy atom. The number of anilines is 1. The molecule has 0 spiro atoms. The Balaban J connectivity index is 1.52. The molecule has 1 saturated heterocycles. The van der Waals surface area contributed by atoms with Crippen molar-refractivity contribution in [2.75, 3.05) is 32.5 Å². The SMILES string of the molecule is CN1CC[C@@]2(C)c3cc(O)ccc3C[C@@H]1[C@@H]2N(C)CC(=O)Nc1ccc(C(F)(F)F)cc1. The molecule has 1 aliphatic heterocycles. The van der Waals surface area contributed by atoms with Crippen molar-refractivity contribution in [1.82, 2.24) is 9.80 Å². The number of nitrogens with one attached hydrogen (secondary N) is 1. The molecule has 2 N–H and O–H groups in total. The summed E-state index contributed by atoms with van der Waals surface area (Å²) in [5, 5.41) is 12.8. The molecule has 2 aromatic rings. The lowest BCUT2D eigenvalue weighted by Gasteiger charge is -2.57. The summed E-state index contributed by atoms with van der Waals surface area (Å²) in [7, 11) is 4.01. The van der Waals surface area contributed by atoms with Gasteiger partial charge in [0.15, 0.2) is 0 Å². The van der Waals surface area contributed by atoms with E-state index in [1.807, 2.05) is 24.1 Å². The Kier molecular flexibility index (Phi) is 5.71. The number of likely N-dealkylation sites (N-methyl/N-ethyl adjacent to an activating group) is 2. The van der Waals surface area contributed by atoms with Crippen molar-refractivity contribution in [2.24, 2.45) is 0 Å². The third-order valence-electron chi connectivity index (χ3n) is 7.07. The lowest BCUT2D eigenvalue weighted by Crippen LogP contribution is -2.67. The van der Waals surface area contributed by atoms with E-state index >= 15 is 0 Å². The number of carbonyl (C=O) groups excluding carboxylic acids is 1. The van der Waals surface area contributed by atoms with Gasteiger partial charge in [-0.1, -0.05) is 13.0 Å². The summed E-state index contributed by atoms with van der Waals surface area (Å²) in [5.41, 5.74) is 1.70. The summed E-state index contributed by atoms with van der Waals surface area (Å²) < 4.78 is 38.3. The maximum absolute atomic E-state index is 12.8. The maximum atomic E-state index is 12.8. The standard InChI is InChI=1S/C24H28F3N3O2/c1-23-10-11-29(2)20(12-15-4-9-18(31)13-19(15)23)22(23)30(3)14-21(32)28-17-7-5-16(6-8-17)24(25,26)27/h4-9,13,20,22,31H,10-12,14H2,1-3H3,(H,28,32)/t20-,22+,23+/m1/s1. The molecule has 1 aliphatic carbocycles. The number of aromatic hydroxyl groups is 1. The van der Waals surface area contributed by atoms with E-state index in [4.69, 9.17) is 0 Å². The van der Waals surface area contributed by atoms with Crippen LogP contribution >= 0.6 is 0 Å². The summed E-state index contributed by atoms with van der Waals surface area (Å²) in [5.74, 6) is -0.0397. The molecule has 1 heterocycles. The first-order valence-corrected chi connectivity index (χ1v) is 10.7. The first kappa shape index (κ1) is 22.6. The average Bonchev–Trinajstić information content (AvgIpc) is 2.71. The molecular weight excluding hydrogens is 419 g/mol. The number of alkyl halides is 3. The molecule has 1 fully saturated rings. The van der Waals surface area contributed by atoms with Gasteiger partial charge in [0, 0.05) is 23.2 Å². The summed E-state index contributed by atoms with van der Waals surface area (Å²) >= 11 is 0. The van der Waals surface area contributed by atoms with Crippen molar-refractivity contribution in [3.05, 3.63) is 59.2 Å². The van der Waals surface area contributed by atoms with Crippen LogP contribution in [0.3, 0.4) is 0 Å². The number of benzene rings is 2. The number of fused-ring (bicyclic) bond motifs is 4. The van der Waals surface area contributed by atoms with Crippen LogP contribution in [-0.4, -0.2) is 60.1 Å². The minimum Gasteiger partial charge on any atom is -0.508 e. The highest BCUT2D eigenvalue weighted by atomic mass is 19.4. The third kappa shape index (κ3) is 4.09. The molecule has 1 amide bonds. The highest BCUT2D eigenvalue weighted by Crippen LogP contribution is 2.47. The zero-order valence-electron chi connectivity index (χ0n) is 18.4. The average molecular weight is 448 g/mol. The van der Waals surface area contributed by atoms with E-state index in [9.17, 15) is 23.1 Å². The quantitative estimate of drug-likeness (QED) is 0.747. The molecule has 2 aromatic carbocycles. The molecule has 0 saturated carbocycles. The van der Waals surface area contributed by atoms with Gasteiger partial charge in [-0.3, -0.25) is 9.69 Å². The fourth-order valence-corrected chi connectivity index (χ4v) is 5.50. The van der Waals surface area contributed by atoms with Crippen LogP contribution in [0.25, 0.3) is 0 Å². The number of phenols is 1. The molecule has 2 aliphatic rings. The van der Waals surface area contributed by atoms with E-state index in [-0.39, 0.29) is 35.7 Å². The van der Waals surface area contributed by atoms with E-state index in [0.717, 1.165) is 37.1 Å². The molecule has 32 heavy (non-hydrogen) atoms. The van der Waals surface area contributed by atoms with Gasteiger partial charge in [0.1, 0.15) is 5.75 Å². The fraction of sp³-hybridized carbons (Fsp3) is 0.458. The molecule has 0 unspecified atom stereocenters. The van der Waals surface area contributed by atoms with Gasteiger partial charge in [-0.15, -0.1) is 0 Å². The Hall–Kier alpha value is -2.58. The van der Waals surface area contributed by atoms with Crippen LogP contribution in [0.4, 0.5) is 18.9 Å². The summed E-state index contributed by atoms with van der Waals surface area (Å²) in [6, 6.07) is 10.3. The van der Waals surface area contributed by atoms with Crippen molar-refractivity contribution in [1.29, 1.82) is 0 Å². The molecule has 3 atom stereocenters. The molecule has 5 nitrogen and oxygen atoms in total. The number of nitrogens with zero attached hydrogens (tertiary/aromatic N) is 2. The second-order valence-electron chi connectivity index (χ2n) is 9.24. The lowest BCUT2D eigenvalue weighted by molar-refractivity contribution is -0.137. The number of amides is 1. The third-order valence-corrected chi connectivity index (χ3v) is 7.07. The zero-order chi connectivity index (χ0) is 23.3. The Morgan fingerprint density at radius 1 is 1.25 bits per heavy atom. The Labute approximate surface area is 185 Å². The van der Waals surface area contributed by atoms with Crippen molar-refractivity contribution >= 4 is 11.6 Å². The van der Waals surface area contributed by atoms with Gasteiger partial charge in [-0.25, -0.2) is 0 Å². The predicted molar refractivity (Wildman–Crippen MR) is 117 cm³/mol. The number of halogens is 3. The number of hydrogen-bond acceptors (Lipinski definition) is 4. The molecule has 0 radical (unpaired) electrons. The van der Waals surface area contributed by atoms with E-state index in [2.05, 4.69) is 24.2 Å². The van der Waals surface area contributed by atoms with Gasteiger partial charge in [0.25, 0.3) is 0 Å². The summed E-state index contributed by atoms with van der Waals surface area (Å²) in [6.07, 6.45) is -2.68. The molecular formula is C24H28F3N3O2. The monoisotopic (exact) mass is 447 g/mol. The Bertz CT molecular complexity index is 1010. The normalized spacial score (nSPS) is 25.5. The number of piperidine rings is 1. The maximum Gasteiger partial charge on any atom is 0.416 e. The second-order valence-corrected chi connectivity index (χ2v) is 9.24. The van der Waals surface area contributed by atoms with E-state index in [1.165, 1.54) is 17.7 Å². The number of likely N-dealkylation sites (tertiary alicyclic amines) is 1. The van der Waals surface area contributed by atoms with Crippen molar-refractivity contribution in [3.8, 4) is 5.75 Å². The minimum atomic E-state index is -4.41. The van der Waals surface area contributed by atoms with Crippen LogP contribution in [0.1, 0.15) is 30.0 Å². The van der Waals surface area contributed by atoms with Crippen LogP contribution in [0, 0.1) is 0 Å². The highest BCUT2D eigenvalue weighted by Gasteiger charge is 2.51. The first-order chi connectivity index (χ1) is 15.0. The Morgan fingerprint density at radius 3 is 2.59 bits per heavy atom. The highest BCUT2D eigenvalue weighted by molar-refractivity contribution is 5.92. The van der Waals surface area contributed by atoms with Gasteiger partial charge in [-0.2, -0.15) is 13.2 Å². The predicted octanol–water partition coefficient (Wildman–Crippen LogP) is 3.87. The van der Waals surface area contributed by atoms with Gasteiger partial charge < -0.3 is 15.3 Å². The summed E-state index contributed by atoms with van der Waals surface area (Å²) in [6.45, 7) is 3.23. The van der Waals surface area contributed by atoms with Crippen molar-refractivity contribution < 1.29 is 23.1 Å². The molecule has 172 valence electrons. The molecule has 8 heteroatoms. The fourth-order valence-electron chi connectivity index (χ4n) is 5.50. The van der Waals surface area contributed by atoms with Crippen LogP contribution in [0.15, 0.2) is 42.5 Å². The largest absolute Gasteiger partial charge is 0.508 e. The van der Waals surface area contributed by atoms with Gasteiger partial charge in [0.2, 0.25) is 5.91 Å². The molecule has 0 aromatic heterocycles. The lowest BCUT2D eigenvalue weighted by atomic mass is 9.61. The smallest absolute Gasteiger partial charge is 0.416 e. The molecule has 4 rings (SSSR count).